The van der Waals surface area contributed by atoms with Gasteiger partial charge >= 0.3 is 0 Å². The second-order valence-electron chi connectivity index (χ2n) is 5.96. The van der Waals surface area contributed by atoms with Gasteiger partial charge < -0.3 is 5.11 Å². The molecule has 0 aliphatic carbocycles. The predicted molar refractivity (Wildman–Crippen MR) is 94.8 cm³/mol. The molecule has 1 aromatic carbocycles. The Morgan fingerprint density at radius 1 is 1.22 bits per heavy atom. The maximum absolute atomic E-state index is 9.43. The molecule has 3 heteroatoms. The van der Waals surface area contributed by atoms with E-state index in [1.807, 2.05) is 24.4 Å². The fraction of sp³-hybridized carbons (Fsp3) is 0.300. The monoisotopic (exact) mass is 306 g/mol. The Bertz CT molecular complexity index is 702. The summed E-state index contributed by atoms with van der Waals surface area (Å²) in [6.45, 7) is 2.21. The lowest BCUT2D eigenvalue weighted by molar-refractivity contribution is 0.475. The third-order valence-electron chi connectivity index (χ3n) is 4.15. The van der Waals surface area contributed by atoms with E-state index in [-0.39, 0.29) is 0 Å². The first kappa shape index (κ1) is 15.5. The van der Waals surface area contributed by atoms with Crippen LogP contribution in [0.1, 0.15) is 43.7 Å². The van der Waals surface area contributed by atoms with E-state index in [2.05, 4.69) is 24.1 Å². The van der Waals surface area contributed by atoms with Crippen molar-refractivity contribution in [1.29, 1.82) is 0 Å². The molecule has 0 fully saturated rings. The van der Waals surface area contributed by atoms with Crippen molar-refractivity contribution in [2.75, 3.05) is 0 Å². The van der Waals surface area contributed by atoms with Crippen molar-refractivity contribution < 1.29 is 5.11 Å². The van der Waals surface area contributed by atoms with Gasteiger partial charge in [0.05, 0.1) is 11.8 Å². The SMILES string of the molecule is CCC[C@H]1CC/C(=C\c2ccc(O)cc2)C(c2cccnc2)=N1. The summed E-state index contributed by atoms with van der Waals surface area (Å²) in [6, 6.07) is 11.7. The van der Waals surface area contributed by atoms with Gasteiger partial charge in [0.25, 0.3) is 0 Å². The van der Waals surface area contributed by atoms with E-state index in [1.54, 1.807) is 18.3 Å². The third-order valence-corrected chi connectivity index (χ3v) is 4.15. The fourth-order valence-electron chi connectivity index (χ4n) is 2.99. The van der Waals surface area contributed by atoms with Crippen molar-refractivity contribution in [2.45, 2.75) is 38.6 Å². The van der Waals surface area contributed by atoms with Crippen molar-refractivity contribution in [1.82, 2.24) is 4.98 Å². The van der Waals surface area contributed by atoms with Crippen LogP contribution in [0.25, 0.3) is 6.08 Å². The molecule has 0 spiro atoms. The molecule has 0 unspecified atom stereocenters. The minimum absolute atomic E-state index is 0.292. The summed E-state index contributed by atoms with van der Waals surface area (Å²) < 4.78 is 0. The highest BCUT2D eigenvalue weighted by Gasteiger charge is 2.20. The van der Waals surface area contributed by atoms with Gasteiger partial charge in [-0.15, -0.1) is 0 Å². The van der Waals surface area contributed by atoms with Crippen LogP contribution >= 0.6 is 0 Å². The Hall–Kier alpha value is -2.42. The number of pyridine rings is 1. The molecular formula is C20H22N2O. The summed E-state index contributed by atoms with van der Waals surface area (Å²) in [4.78, 5) is 9.24. The van der Waals surface area contributed by atoms with E-state index >= 15 is 0 Å². The Morgan fingerprint density at radius 2 is 2.04 bits per heavy atom. The zero-order valence-electron chi connectivity index (χ0n) is 13.4. The number of hydrogen-bond acceptors (Lipinski definition) is 3. The van der Waals surface area contributed by atoms with Crippen LogP contribution in [0.5, 0.6) is 5.75 Å². The van der Waals surface area contributed by atoms with E-state index in [1.165, 1.54) is 5.57 Å². The van der Waals surface area contributed by atoms with Crippen molar-refractivity contribution in [3.8, 4) is 5.75 Å². The third kappa shape index (κ3) is 3.86. The number of hydrogen-bond donors (Lipinski definition) is 1. The number of benzene rings is 1. The zero-order chi connectivity index (χ0) is 16.1. The molecule has 0 saturated carbocycles. The van der Waals surface area contributed by atoms with Gasteiger partial charge in [-0.05, 0) is 60.7 Å². The topological polar surface area (TPSA) is 45.5 Å². The number of phenolic OH excluding ortho intramolecular Hbond substituents is 1. The smallest absolute Gasteiger partial charge is 0.115 e. The molecule has 0 radical (unpaired) electrons. The quantitative estimate of drug-likeness (QED) is 0.895. The van der Waals surface area contributed by atoms with Crippen LogP contribution in [0.2, 0.25) is 0 Å². The van der Waals surface area contributed by atoms with Crippen molar-refractivity contribution in [2.24, 2.45) is 4.99 Å². The van der Waals surface area contributed by atoms with Crippen molar-refractivity contribution in [3.63, 3.8) is 0 Å². The highest BCUT2D eigenvalue weighted by Crippen LogP contribution is 2.27. The molecule has 0 saturated heterocycles. The first-order valence-electron chi connectivity index (χ1n) is 8.24. The van der Waals surface area contributed by atoms with Gasteiger partial charge in [0.15, 0.2) is 0 Å². The van der Waals surface area contributed by atoms with Gasteiger partial charge in [0.1, 0.15) is 5.75 Å². The van der Waals surface area contributed by atoms with Crippen LogP contribution < -0.4 is 0 Å². The van der Waals surface area contributed by atoms with E-state index in [0.717, 1.165) is 42.5 Å². The lowest BCUT2D eigenvalue weighted by atomic mass is 9.90. The van der Waals surface area contributed by atoms with Gasteiger partial charge in [-0.2, -0.15) is 0 Å². The Kier molecular flexibility index (Phi) is 4.86. The van der Waals surface area contributed by atoms with Crippen LogP contribution in [0.4, 0.5) is 0 Å². The standard InChI is InChI=1S/C20H22N2O/c1-2-4-18-9-8-16(13-15-6-10-19(23)11-7-15)20(22-18)17-5-3-12-21-14-17/h3,5-7,10-14,18,23H,2,4,8-9H2,1H3/b16-13+/t18-/m0/s1. The van der Waals surface area contributed by atoms with Gasteiger partial charge in [-0.25, -0.2) is 0 Å². The molecule has 1 N–H and O–H groups in total. The predicted octanol–water partition coefficient (Wildman–Crippen LogP) is 4.62. The molecule has 1 aliphatic rings. The van der Waals surface area contributed by atoms with Crippen molar-refractivity contribution >= 4 is 11.8 Å². The van der Waals surface area contributed by atoms with Crippen LogP contribution in [-0.2, 0) is 0 Å². The van der Waals surface area contributed by atoms with Gasteiger partial charge in [-0.3, -0.25) is 9.98 Å². The molecule has 118 valence electrons. The van der Waals surface area contributed by atoms with E-state index in [0.29, 0.717) is 11.8 Å². The van der Waals surface area contributed by atoms with Crippen LogP contribution in [-0.4, -0.2) is 21.8 Å². The van der Waals surface area contributed by atoms with Gasteiger partial charge in [-0.1, -0.05) is 25.5 Å². The lowest BCUT2D eigenvalue weighted by Gasteiger charge is -2.23. The number of phenols is 1. The number of aliphatic imine (C=N–C) groups is 1. The molecular weight excluding hydrogens is 284 g/mol. The first-order chi connectivity index (χ1) is 11.3. The zero-order valence-corrected chi connectivity index (χ0v) is 13.4. The second-order valence-corrected chi connectivity index (χ2v) is 5.96. The molecule has 3 rings (SSSR count). The summed E-state index contributed by atoms with van der Waals surface area (Å²) in [6.07, 6.45) is 10.3. The summed E-state index contributed by atoms with van der Waals surface area (Å²) in [7, 11) is 0. The molecule has 0 amide bonds. The summed E-state index contributed by atoms with van der Waals surface area (Å²) in [5, 5.41) is 9.43. The summed E-state index contributed by atoms with van der Waals surface area (Å²) >= 11 is 0. The molecule has 2 aromatic rings. The average Bonchev–Trinajstić information content (AvgIpc) is 2.59. The largest absolute Gasteiger partial charge is 0.508 e. The van der Waals surface area contributed by atoms with Gasteiger partial charge in [0.2, 0.25) is 0 Å². The normalized spacial score (nSPS) is 19.6. The Morgan fingerprint density at radius 3 is 2.74 bits per heavy atom. The minimum atomic E-state index is 0.292. The van der Waals surface area contributed by atoms with Gasteiger partial charge in [0, 0.05) is 18.0 Å². The molecule has 3 nitrogen and oxygen atoms in total. The highest BCUT2D eigenvalue weighted by atomic mass is 16.3. The second kappa shape index (κ2) is 7.23. The Balaban J connectivity index is 1.97. The number of nitrogens with zero attached hydrogens (tertiary/aromatic N) is 2. The number of rotatable bonds is 4. The molecule has 1 aliphatic heterocycles. The van der Waals surface area contributed by atoms with Crippen molar-refractivity contribution in [3.05, 3.63) is 65.5 Å². The fourth-order valence-corrected chi connectivity index (χ4v) is 2.99. The maximum atomic E-state index is 9.43. The summed E-state index contributed by atoms with van der Waals surface area (Å²) in [5.41, 5.74) is 4.48. The number of aromatic nitrogens is 1. The van der Waals surface area contributed by atoms with Crippen LogP contribution in [0.15, 0.2) is 59.4 Å². The molecule has 2 heterocycles. The average molecular weight is 306 g/mol. The maximum Gasteiger partial charge on any atom is 0.115 e. The van der Waals surface area contributed by atoms with E-state index < -0.39 is 0 Å². The van der Waals surface area contributed by atoms with E-state index in [9.17, 15) is 5.11 Å². The molecule has 1 aromatic heterocycles. The molecule has 23 heavy (non-hydrogen) atoms. The molecule has 0 bridgehead atoms. The molecule has 1 atom stereocenters. The lowest BCUT2D eigenvalue weighted by Crippen LogP contribution is -2.19. The van der Waals surface area contributed by atoms with E-state index in [4.69, 9.17) is 4.99 Å². The summed E-state index contributed by atoms with van der Waals surface area (Å²) in [5.74, 6) is 0.292. The number of allylic oxidation sites excluding steroid dienone is 1. The van der Waals surface area contributed by atoms with Crippen LogP contribution in [0, 0.1) is 0 Å². The van der Waals surface area contributed by atoms with Crippen LogP contribution in [0.3, 0.4) is 0 Å². The highest BCUT2D eigenvalue weighted by molar-refractivity contribution is 6.15. The number of aromatic hydroxyl groups is 1. The Labute approximate surface area is 137 Å². The minimum Gasteiger partial charge on any atom is -0.508 e. The first-order valence-corrected chi connectivity index (χ1v) is 8.24.